The summed E-state index contributed by atoms with van der Waals surface area (Å²) in [6, 6.07) is 5.84. The predicted octanol–water partition coefficient (Wildman–Crippen LogP) is 2.32. The number of amides is 1. The van der Waals surface area contributed by atoms with Crippen molar-refractivity contribution in [2.45, 2.75) is 12.8 Å². The van der Waals surface area contributed by atoms with Gasteiger partial charge in [-0.05, 0) is 11.6 Å². The molecule has 0 atom stereocenters. The van der Waals surface area contributed by atoms with Crippen molar-refractivity contribution in [3.63, 3.8) is 0 Å². The van der Waals surface area contributed by atoms with Crippen molar-refractivity contribution in [2.24, 2.45) is 0 Å². The largest absolute Gasteiger partial charge is 0.324 e. The van der Waals surface area contributed by atoms with Gasteiger partial charge in [0.25, 0.3) is 0 Å². The van der Waals surface area contributed by atoms with Gasteiger partial charge in [0, 0.05) is 17.3 Å². The fraction of sp³-hybridized carbons (Fsp3) is 0.250. The van der Waals surface area contributed by atoms with Crippen molar-refractivity contribution in [2.75, 3.05) is 10.6 Å². The summed E-state index contributed by atoms with van der Waals surface area (Å²) < 4.78 is 0. The molecule has 15 heavy (non-hydrogen) atoms. The van der Waals surface area contributed by atoms with E-state index in [-0.39, 0.29) is 5.91 Å². The second-order valence-electron chi connectivity index (χ2n) is 3.31. The molecule has 1 N–H and O–H groups in total. The first-order chi connectivity index (χ1) is 7.31. The van der Waals surface area contributed by atoms with E-state index in [0.29, 0.717) is 6.42 Å². The molecule has 0 radical (unpaired) electrons. The van der Waals surface area contributed by atoms with E-state index in [1.54, 1.807) is 0 Å². The number of rotatable bonds is 1. The van der Waals surface area contributed by atoms with E-state index in [4.69, 9.17) is 0 Å². The summed E-state index contributed by atoms with van der Waals surface area (Å²) in [4.78, 5) is 11.2. The van der Waals surface area contributed by atoms with Crippen molar-refractivity contribution in [1.82, 2.24) is 0 Å². The van der Waals surface area contributed by atoms with Gasteiger partial charge in [-0.2, -0.15) is 0 Å². The molecule has 1 aromatic rings. The van der Waals surface area contributed by atoms with Crippen LogP contribution in [0.4, 0.5) is 5.69 Å². The van der Waals surface area contributed by atoms with Crippen LogP contribution in [0.1, 0.15) is 17.5 Å². The molecule has 1 amide bonds. The molecule has 0 aromatic heterocycles. The Morgan fingerprint density at radius 1 is 1.47 bits per heavy atom. The zero-order valence-electron chi connectivity index (χ0n) is 8.14. The lowest BCUT2D eigenvalue weighted by molar-refractivity contribution is -0.115. The van der Waals surface area contributed by atoms with E-state index in [9.17, 15) is 4.79 Å². The zero-order chi connectivity index (χ0) is 10.7. The molecule has 1 aliphatic heterocycles. The Kier molecular flexibility index (Phi) is 3.08. The summed E-state index contributed by atoms with van der Waals surface area (Å²) >= 11 is 3.32. The van der Waals surface area contributed by atoms with Crippen LogP contribution in [0.3, 0.4) is 0 Å². The molecule has 0 spiro atoms. The van der Waals surface area contributed by atoms with E-state index in [1.165, 1.54) is 0 Å². The third-order valence-corrected chi connectivity index (χ3v) is 2.61. The second-order valence-corrected chi connectivity index (χ2v) is 4.10. The van der Waals surface area contributed by atoms with Crippen LogP contribution in [0.5, 0.6) is 0 Å². The van der Waals surface area contributed by atoms with Gasteiger partial charge >= 0.3 is 0 Å². The summed E-state index contributed by atoms with van der Waals surface area (Å²) in [5.41, 5.74) is 2.86. The SMILES string of the molecule is O=C1Cc2cccc(C#CCCBr)c2N1. The molecule has 1 aromatic carbocycles. The summed E-state index contributed by atoms with van der Waals surface area (Å²) in [6.07, 6.45) is 1.29. The first-order valence-electron chi connectivity index (χ1n) is 4.78. The van der Waals surface area contributed by atoms with Crippen LogP contribution in [0.15, 0.2) is 18.2 Å². The normalized spacial score (nSPS) is 12.7. The Balaban J connectivity index is 2.32. The van der Waals surface area contributed by atoms with E-state index in [1.807, 2.05) is 18.2 Å². The molecular weight excluding hydrogens is 254 g/mol. The minimum atomic E-state index is 0.0553. The molecule has 0 saturated heterocycles. The van der Waals surface area contributed by atoms with Crippen LogP contribution in [0, 0.1) is 11.8 Å². The molecule has 0 aliphatic carbocycles. The number of para-hydroxylation sites is 1. The topological polar surface area (TPSA) is 29.1 Å². The van der Waals surface area contributed by atoms with Gasteiger partial charge in [-0.3, -0.25) is 4.79 Å². The maximum Gasteiger partial charge on any atom is 0.228 e. The number of hydrogen-bond acceptors (Lipinski definition) is 1. The van der Waals surface area contributed by atoms with Crippen LogP contribution in [-0.4, -0.2) is 11.2 Å². The molecule has 1 aliphatic rings. The molecule has 0 fully saturated rings. The van der Waals surface area contributed by atoms with E-state index >= 15 is 0 Å². The number of fused-ring (bicyclic) bond motifs is 1. The van der Waals surface area contributed by atoms with Gasteiger partial charge in [0.05, 0.1) is 12.1 Å². The third kappa shape index (κ3) is 2.21. The van der Waals surface area contributed by atoms with Gasteiger partial charge in [-0.25, -0.2) is 0 Å². The number of alkyl halides is 1. The van der Waals surface area contributed by atoms with Gasteiger partial charge in [0.15, 0.2) is 0 Å². The maximum atomic E-state index is 11.2. The summed E-state index contributed by atoms with van der Waals surface area (Å²) in [7, 11) is 0. The number of carbonyl (C=O) groups excluding carboxylic acids is 1. The quantitative estimate of drug-likeness (QED) is 0.612. The Morgan fingerprint density at radius 3 is 3.13 bits per heavy atom. The molecule has 3 heteroatoms. The molecule has 1 heterocycles. The monoisotopic (exact) mass is 263 g/mol. The fourth-order valence-corrected chi connectivity index (χ4v) is 1.76. The van der Waals surface area contributed by atoms with Gasteiger partial charge in [-0.15, -0.1) is 0 Å². The van der Waals surface area contributed by atoms with Crippen molar-refractivity contribution < 1.29 is 4.79 Å². The van der Waals surface area contributed by atoms with Crippen LogP contribution in [0.25, 0.3) is 0 Å². The lowest BCUT2D eigenvalue weighted by Crippen LogP contribution is -2.04. The van der Waals surface area contributed by atoms with Gasteiger partial charge in [-0.1, -0.05) is 39.9 Å². The highest BCUT2D eigenvalue weighted by Crippen LogP contribution is 2.26. The van der Waals surface area contributed by atoms with Crippen LogP contribution >= 0.6 is 15.9 Å². The lowest BCUT2D eigenvalue weighted by Gasteiger charge is -2.00. The zero-order valence-corrected chi connectivity index (χ0v) is 9.73. The number of hydrogen-bond donors (Lipinski definition) is 1. The number of carbonyl (C=O) groups is 1. The molecule has 76 valence electrons. The lowest BCUT2D eigenvalue weighted by atomic mass is 10.1. The van der Waals surface area contributed by atoms with E-state index < -0.39 is 0 Å². The Labute approximate surface area is 97.2 Å². The number of halogens is 1. The second kappa shape index (κ2) is 4.50. The summed E-state index contributed by atoms with van der Waals surface area (Å²) in [6.45, 7) is 0. The highest BCUT2D eigenvalue weighted by Gasteiger charge is 2.19. The highest BCUT2D eigenvalue weighted by atomic mass is 79.9. The van der Waals surface area contributed by atoms with Crippen LogP contribution < -0.4 is 5.32 Å². The average Bonchev–Trinajstić information content (AvgIpc) is 2.59. The molecule has 0 saturated carbocycles. The molecule has 0 bridgehead atoms. The molecular formula is C12H10BrNO. The van der Waals surface area contributed by atoms with Crippen molar-refractivity contribution >= 4 is 27.5 Å². The number of anilines is 1. The van der Waals surface area contributed by atoms with Crippen LogP contribution in [0.2, 0.25) is 0 Å². The standard InChI is InChI=1S/C12H10BrNO/c13-7-2-1-4-9-5-3-6-10-8-11(15)14-12(9)10/h3,5-6H,2,7-8H2,(H,14,15). The predicted molar refractivity (Wildman–Crippen MR) is 64.1 cm³/mol. The first-order valence-corrected chi connectivity index (χ1v) is 5.90. The minimum absolute atomic E-state index is 0.0553. The van der Waals surface area contributed by atoms with Gasteiger partial charge < -0.3 is 5.32 Å². The maximum absolute atomic E-state index is 11.2. The van der Waals surface area contributed by atoms with Crippen molar-refractivity contribution in [1.29, 1.82) is 0 Å². The number of benzene rings is 1. The third-order valence-electron chi connectivity index (χ3n) is 2.21. The molecule has 2 nitrogen and oxygen atoms in total. The smallest absolute Gasteiger partial charge is 0.228 e. The average molecular weight is 264 g/mol. The summed E-state index contributed by atoms with van der Waals surface area (Å²) in [5.74, 6) is 6.17. The Bertz CT molecular complexity index is 456. The van der Waals surface area contributed by atoms with Crippen LogP contribution in [-0.2, 0) is 11.2 Å². The Morgan fingerprint density at radius 2 is 2.33 bits per heavy atom. The minimum Gasteiger partial charge on any atom is -0.324 e. The van der Waals surface area contributed by atoms with E-state index in [0.717, 1.165) is 28.6 Å². The molecule has 0 unspecified atom stereocenters. The van der Waals surface area contributed by atoms with Gasteiger partial charge in [0.1, 0.15) is 0 Å². The summed E-state index contributed by atoms with van der Waals surface area (Å²) in [5, 5.41) is 3.72. The number of nitrogens with one attached hydrogen (secondary N) is 1. The fourth-order valence-electron chi connectivity index (χ4n) is 1.56. The highest BCUT2D eigenvalue weighted by molar-refractivity contribution is 9.09. The van der Waals surface area contributed by atoms with E-state index in [2.05, 4.69) is 33.1 Å². The first kappa shape index (κ1) is 10.3. The van der Waals surface area contributed by atoms with Gasteiger partial charge in [0.2, 0.25) is 5.91 Å². The van der Waals surface area contributed by atoms with Crippen molar-refractivity contribution in [3.05, 3.63) is 29.3 Å². The Hall–Kier alpha value is -1.27. The molecule has 2 rings (SSSR count). The van der Waals surface area contributed by atoms with Crippen molar-refractivity contribution in [3.8, 4) is 11.8 Å².